The quantitative estimate of drug-likeness (QED) is 0.421. The number of thiazole rings is 1. The predicted octanol–water partition coefficient (Wildman–Crippen LogP) is 5.22. The molecule has 0 bridgehead atoms. The third kappa shape index (κ3) is 4.60. The molecule has 6 nitrogen and oxygen atoms in total. The Balaban J connectivity index is 1.54. The lowest BCUT2D eigenvalue weighted by molar-refractivity contribution is 0.102. The normalized spacial score (nSPS) is 11.4. The molecule has 0 spiro atoms. The highest BCUT2D eigenvalue weighted by molar-refractivity contribution is 7.92. The lowest BCUT2D eigenvalue weighted by Crippen LogP contribution is -2.15. The highest BCUT2D eigenvalue weighted by atomic mass is 32.2. The van der Waals surface area contributed by atoms with E-state index in [-0.39, 0.29) is 10.8 Å². The molecule has 0 saturated carbocycles. The maximum absolute atomic E-state index is 12.7. The van der Waals surface area contributed by atoms with Gasteiger partial charge in [0.1, 0.15) is 0 Å². The van der Waals surface area contributed by atoms with Crippen molar-refractivity contribution in [1.82, 2.24) is 4.98 Å². The van der Waals surface area contributed by atoms with Crippen molar-refractivity contribution in [3.63, 3.8) is 0 Å². The second kappa shape index (κ2) is 8.49. The van der Waals surface area contributed by atoms with Gasteiger partial charge in [-0.1, -0.05) is 54.2 Å². The Morgan fingerprint density at radius 3 is 2.52 bits per heavy atom. The minimum Gasteiger partial charge on any atom is -0.298 e. The second-order valence-corrected chi connectivity index (χ2v) is 9.80. The maximum Gasteiger partial charge on any atom is 0.261 e. The molecule has 0 atom stereocenters. The Morgan fingerprint density at radius 1 is 1.03 bits per heavy atom. The van der Waals surface area contributed by atoms with E-state index in [1.807, 2.05) is 25.1 Å². The number of para-hydroxylation sites is 1. The van der Waals surface area contributed by atoms with Crippen LogP contribution in [0.1, 0.15) is 28.4 Å². The molecule has 0 unspecified atom stereocenters. The molecule has 0 fully saturated rings. The summed E-state index contributed by atoms with van der Waals surface area (Å²) in [6.45, 7) is 3.95. The average molecular weight is 452 g/mol. The number of carbonyl (C=O) groups is 1. The van der Waals surface area contributed by atoms with Crippen LogP contribution in [0.25, 0.3) is 10.2 Å². The summed E-state index contributed by atoms with van der Waals surface area (Å²) >= 11 is 1.41. The molecule has 0 radical (unpaired) electrons. The number of benzene rings is 3. The van der Waals surface area contributed by atoms with Crippen LogP contribution in [0.5, 0.6) is 0 Å². The van der Waals surface area contributed by atoms with Gasteiger partial charge in [0, 0.05) is 11.3 Å². The van der Waals surface area contributed by atoms with E-state index >= 15 is 0 Å². The zero-order valence-electron chi connectivity index (χ0n) is 17.0. The topological polar surface area (TPSA) is 88.2 Å². The lowest BCUT2D eigenvalue weighted by atomic mass is 10.1. The fourth-order valence-corrected chi connectivity index (χ4v) is 5.13. The largest absolute Gasteiger partial charge is 0.298 e. The Labute approximate surface area is 185 Å². The number of sulfonamides is 1. The van der Waals surface area contributed by atoms with Gasteiger partial charge in [-0.05, 0) is 55.3 Å². The molecule has 1 heterocycles. The molecule has 4 aromatic rings. The van der Waals surface area contributed by atoms with Crippen LogP contribution in [0.3, 0.4) is 0 Å². The zero-order valence-corrected chi connectivity index (χ0v) is 18.7. The molecule has 158 valence electrons. The van der Waals surface area contributed by atoms with Crippen molar-refractivity contribution >= 4 is 48.3 Å². The summed E-state index contributed by atoms with van der Waals surface area (Å²) in [5.41, 5.74) is 3.63. The SMILES string of the molecule is CCc1cccc2sc(NC(=O)c3cccc(NS(=O)(=O)c4ccc(C)cc4)c3)nc12. The van der Waals surface area contributed by atoms with E-state index in [1.165, 1.54) is 17.4 Å². The van der Waals surface area contributed by atoms with Crippen LogP contribution < -0.4 is 10.0 Å². The smallest absolute Gasteiger partial charge is 0.261 e. The van der Waals surface area contributed by atoms with Gasteiger partial charge in [0.2, 0.25) is 0 Å². The first kappa shape index (κ1) is 21.0. The molecule has 0 aliphatic carbocycles. The Kier molecular flexibility index (Phi) is 5.75. The number of nitrogens with one attached hydrogen (secondary N) is 2. The van der Waals surface area contributed by atoms with Crippen LogP contribution in [0.15, 0.2) is 71.6 Å². The van der Waals surface area contributed by atoms with Gasteiger partial charge in [-0.25, -0.2) is 13.4 Å². The number of carbonyl (C=O) groups excluding carboxylic acids is 1. The van der Waals surface area contributed by atoms with Crippen molar-refractivity contribution in [3.8, 4) is 0 Å². The van der Waals surface area contributed by atoms with E-state index in [2.05, 4.69) is 21.9 Å². The Morgan fingerprint density at radius 2 is 1.77 bits per heavy atom. The van der Waals surface area contributed by atoms with E-state index in [0.717, 1.165) is 27.8 Å². The molecule has 3 aromatic carbocycles. The van der Waals surface area contributed by atoms with Crippen LogP contribution in [0, 0.1) is 6.92 Å². The molecule has 1 aromatic heterocycles. The first-order valence-corrected chi connectivity index (χ1v) is 12.0. The molecule has 8 heteroatoms. The summed E-state index contributed by atoms with van der Waals surface area (Å²) in [5, 5.41) is 3.32. The fraction of sp³-hybridized carbons (Fsp3) is 0.130. The molecule has 0 aliphatic heterocycles. The number of aryl methyl sites for hydroxylation is 2. The van der Waals surface area contributed by atoms with Crippen LogP contribution in [0.2, 0.25) is 0 Å². The van der Waals surface area contributed by atoms with Crippen molar-refractivity contribution in [2.45, 2.75) is 25.2 Å². The number of rotatable bonds is 6. The van der Waals surface area contributed by atoms with Crippen LogP contribution in [-0.2, 0) is 16.4 Å². The third-order valence-electron chi connectivity index (χ3n) is 4.81. The first-order valence-electron chi connectivity index (χ1n) is 9.75. The van der Waals surface area contributed by atoms with Crippen molar-refractivity contribution in [2.75, 3.05) is 10.0 Å². The van der Waals surface area contributed by atoms with Gasteiger partial charge in [0.15, 0.2) is 5.13 Å². The minimum atomic E-state index is -3.75. The Hall–Kier alpha value is -3.23. The molecule has 4 rings (SSSR count). The molecular formula is C23H21N3O3S2. The molecular weight excluding hydrogens is 430 g/mol. The van der Waals surface area contributed by atoms with Gasteiger partial charge < -0.3 is 0 Å². The maximum atomic E-state index is 12.7. The summed E-state index contributed by atoms with van der Waals surface area (Å²) in [6.07, 6.45) is 0.859. The molecule has 0 saturated heterocycles. The van der Waals surface area contributed by atoms with Crippen LogP contribution >= 0.6 is 11.3 Å². The monoisotopic (exact) mass is 451 g/mol. The van der Waals surface area contributed by atoms with Crippen molar-refractivity contribution < 1.29 is 13.2 Å². The summed E-state index contributed by atoms with van der Waals surface area (Å²) in [7, 11) is -3.75. The predicted molar refractivity (Wildman–Crippen MR) is 125 cm³/mol. The number of amides is 1. The Bertz CT molecular complexity index is 1360. The van der Waals surface area contributed by atoms with Gasteiger partial charge in [0.05, 0.1) is 15.1 Å². The van der Waals surface area contributed by atoms with Gasteiger partial charge in [0.25, 0.3) is 15.9 Å². The third-order valence-corrected chi connectivity index (χ3v) is 7.15. The molecule has 1 amide bonds. The van der Waals surface area contributed by atoms with E-state index in [9.17, 15) is 13.2 Å². The first-order chi connectivity index (χ1) is 14.9. The van der Waals surface area contributed by atoms with Crippen molar-refractivity contribution in [1.29, 1.82) is 0 Å². The molecule has 31 heavy (non-hydrogen) atoms. The number of nitrogens with zero attached hydrogens (tertiary/aromatic N) is 1. The summed E-state index contributed by atoms with van der Waals surface area (Å²) in [4.78, 5) is 17.5. The number of anilines is 2. The molecule has 2 N–H and O–H groups in total. The number of hydrogen-bond donors (Lipinski definition) is 2. The average Bonchev–Trinajstić information content (AvgIpc) is 3.16. The lowest BCUT2D eigenvalue weighted by Gasteiger charge is -2.10. The highest BCUT2D eigenvalue weighted by Crippen LogP contribution is 2.29. The summed E-state index contributed by atoms with van der Waals surface area (Å²) in [5.74, 6) is -0.353. The zero-order chi connectivity index (χ0) is 22.0. The van der Waals surface area contributed by atoms with Gasteiger partial charge in [-0.2, -0.15) is 0 Å². The van der Waals surface area contributed by atoms with Gasteiger partial charge in [-0.3, -0.25) is 14.8 Å². The van der Waals surface area contributed by atoms with Crippen LogP contribution in [0.4, 0.5) is 10.8 Å². The van der Waals surface area contributed by atoms with E-state index in [0.29, 0.717) is 16.4 Å². The van der Waals surface area contributed by atoms with Crippen LogP contribution in [-0.4, -0.2) is 19.3 Å². The van der Waals surface area contributed by atoms with Gasteiger partial charge in [-0.15, -0.1) is 0 Å². The van der Waals surface area contributed by atoms with E-state index < -0.39 is 10.0 Å². The number of fused-ring (bicyclic) bond motifs is 1. The minimum absolute atomic E-state index is 0.161. The van der Waals surface area contributed by atoms with Gasteiger partial charge >= 0.3 is 0 Å². The second-order valence-electron chi connectivity index (χ2n) is 7.09. The summed E-state index contributed by atoms with van der Waals surface area (Å²) < 4.78 is 28.8. The molecule has 0 aliphatic rings. The highest BCUT2D eigenvalue weighted by Gasteiger charge is 2.16. The standard InChI is InChI=1S/C23H21N3O3S2/c1-3-16-6-5-9-20-21(16)24-23(30-20)25-22(27)17-7-4-8-18(14-17)26-31(28,29)19-12-10-15(2)11-13-19/h4-14,26H,3H2,1-2H3,(H,24,25,27). The number of aromatic nitrogens is 1. The van der Waals surface area contributed by atoms with Crippen molar-refractivity contribution in [2.24, 2.45) is 0 Å². The fourth-order valence-electron chi connectivity index (χ4n) is 3.17. The van der Waals surface area contributed by atoms with Crippen molar-refractivity contribution in [3.05, 3.63) is 83.4 Å². The number of hydrogen-bond acceptors (Lipinski definition) is 5. The van der Waals surface area contributed by atoms with E-state index in [1.54, 1.807) is 42.5 Å². The summed E-state index contributed by atoms with van der Waals surface area (Å²) in [6, 6.07) is 18.9. The van der Waals surface area contributed by atoms with E-state index in [4.69, 9.17) is 0 Å².